The van der Waals surface area contributed by atoms with Gasteiger partial charge in [0.25, 0.3) is 0 Å². The normalized spacial score (nSPS) is 12.6. The van der Waals surface area contributed by atoms with Crippen molar-refractivity contribution in [3.63, 3.8) is 0 Å². The zero-order valence-corrected chi connectivity index (χ0v) is 11.5. The third kappa shape index (κ3) is 3.43. The minimum atomic E-state index is -0.0659. The number of aromatic nitrogens is 2. The summed E-state index contributed by atoms with van der Waals surface area (Å²) in [5, 5.41) is 17.4. The molecule has 1 aromatic heterocycles. The average molecular weight is 259 g/mol. The molecule has 0 aliphatic rings. The Morgan fingerprint density at radius 1 is 1.32 bits per heavy atom. The van der Waals surface area contributed by atoms with Gasteiger partial charge in [-0.3, -0.25) is 4.68 Å². The molecule has 0 radical (unpaired) electrons. The second-order valence-corrected chi connectivity index (χ2v) is 4.66. The molecule has 0 spiro atoms. The lowest BCUT2D eigenvalue weighted by molar-refractivity contribution is 0.243. The molecule has 1 atom stereocenters. The summed E-state index contributed by atoms with van der Waals surface area (Å²) in [7, 11) is 1.91. The first-order chi connectivity index (χ1) is 9.24. The maximum atomic E-state index is 9.59. The van der Waals surface area contributed by atoms with Crippen LogP contribution in [0.15, 0.2) is 36.5 Å². The molecule has 19 heavy (non-hydrogen) atoms. The van der Waals surface area contributed by atoms with Crippen LogP contribution in [0.1, 0.15) is 29.8 Å². The lowest BCUT2D eigenvalue weighted by Crippen LogP contribution is -2.24. The Hall–Kier alpha value is -1.65. The van der Waals surface area contributed by atoms with Crippen molar-refractivity contribution in [2.24, 2.45) is 7.05 Å². The van der Waals surface area contributed by atoms with E-state index in [4.69, 9.17) is 0 Å². The molecule has 1 heterocycles. The van der Waals surface area contributed by atoms with Crippen LogP contribution < -0.4 is 5.32 Å². The van der Waals surface area contributed by atoms with E-state index in [0.717, 1.165) is 24.2 Å². The minimum absolute atomic E-state index is 0.0659. The monoisotopic (exact) mass is 259 g/mol. The second-order valence-electron chi connectivity index (χ2n) is 4.66. The topological polar surface area (TPSA) is 50.1 Å². The Morgan fingerprint density at radius 3 is 2.68 bits per heavy atom. The summed E-state index contributed by atoms with van der Waals surface area (Å²) >= 11 is 0. The van der Waals surface area contributed by atoms with Crippen molar-refractivity contribution in [2.45, 2.75) is 25.9 Å². The van der Waals surface area contributed by atoms with Crippen LogP contribution in [0.25, 0.3) is 0 Å². The third-order valence-electron chi connectivity index (χ3n) is 3.23. The fourth-order valence-electron chi connectivity index (χ4n) is 2.23. The summed E-state index contributed by atoms with van der Waals surface area (Å²) in [6, 6.07) is 10.1. The van der Waals surface area contributed by atoms with Gasteiger partial charge in [-0.05, 0) is 12.0 Å². The molecule has 0 bridgehead atoms. The Kier molecular flexibility index (Phi) is 4.71. The Bertz CT molecular complexity index is 507. The second kappa shape index (κ2) is 6.50. The van der Waals surface area contributed by atoms with Crippen LogP contribution >= 0.6 is 0 Å². The number of rotatable bonds is 6. The van der Waals surface area contributed by atoms with Crippen molar-refractivity contribution in [2.75, 3.05) is 6.61 Å². The summed E-state index contributed by atoms with van der Waals surface area (Å²) in [4.78, 5) is 0. The predicted molar refractivity (Wildman–Crippen MR) is 75.7 cm³/mol. The summed E-state index contributed by atoms with van der Waals surface area (Å²) in [5.41, 5.74) is 3.34. The molecular weight excluding hydrogens is 238 g/mol. The van der Waals surface area contributed by atoms with Gasteiger partial charge < -0.3 is 10.4 Å². The Labute approximate surface area is 114 Å². The molecule has 0 saturated heterocycles. The maximum Gasteiger partial charge on any atom is 0.0670 e. The van der Waals surface area contributed by atoms with Crippen LogP contribution in [0.5, 0.6) is 0 Å². The van der Waals surface area contributed by atoms with Gasteiger partial charge in [0.15, 0.2) is 0 Å². The van der Waals surface area contributed by atoms with Crippen LogP contribution in [0.2, 0.25) is 0 Å². The number of benzene rings is 1. The summed E-state index contributed by atoms with van der Waals surface area (Å²) < 4.78 is 1.81. The first-order valence-electron chi connectivity index (χ1n) is 6.65. The summed E-state index contributed by atoms with van der Waals surface area (Å²) in [5.74, 6) is 0. The number of aliphatic hydroxyl groups excluding tert-OH is 1. The fraction of sp³-hybridized carbons (Fsp3) is 0.400. The predicted octanol–water partition coefficient (Wildman–Crippen LogP) is 1.81. The van der Waals surface area contributed by atoms with Gasteiger partial charge >= 0.3 is 0 Å². The Morgan fingerprint density at radius 2 is 2.05 bits per heavy atom. The molecular formula is C15H21N3O. The van der Waals surface area contributed by atoms with Crippen LogP contribution in [0.3, 0.4) is 0 Å². The van der Waals surface area contributed by atoms with E-state index in [1.807, 2.05) is 31.4 Å². The summed E-state index contributed by atoms with van der Waals surface area (Å²) in [6.45, 7) is 2.90. The van der Waals surface area contributed by atoms with Gasteiger partial charge in [0.05, 0.1) is 18.3 Å². The van der Waals surface area contributed by atoms with E-state index in [-0.39, 0.29) is 12.6 Å². The van der Waals surface area contributed by atoms with E-state index in [9.17, 15) is 5.11 Å². The van der Waals surface area contributed by atoms with E-state index in [1.54, 1.807) is 4.68 Å². The maximum absolute atomic E-state index is 9.59. The first-order valence-corrected chi connectivity index (χ1v) is 6.65. The highest BCUT2D eigenvalue weighted by Crippen LogP contribution is 2.17. The molecule has 0 aliphatic heterocycles. The number of aliphatic hydroxyl groups is 1. The van der Waals surface area contributed by atoms with Gasteiger partial charge in [-0.15, -0.1) is 0 Å². The van der Waals surface area contributed by atoms with E-state index >= 15 is 0 Å². The van der Waals surface area contributed by atoms with Gasteiger partial charge in [0.1, 0.15) is 0 Å². The minimum Gasteiger partial charge on any atom is -0.394 e. The standard InChI is InChI=1S/C15H21N3O/c1-3-14-13(10-18(2)17-14)15(11-19)16-9-12-7-5-4-6-8-12/h4-8,10,15-16,19H,3,9,11H2,1-2H3. The number of aryl methyl sites for hydroxylation is 2. The SMILES string of the molecule is CCc1nn(C)cc1C(CO)NCc1ccccc1. The van der Waals surface area contributed by atoms with Gasteiger partial charge in [-0.2, -0.15) is 5.10 Å². The molecule has 102 valence electrons. The fourth-order valence-corrected chi connectivity index (χ4v) is 2.23. The molecule has 1 unspecified atom stereocenters. The van der Waals surface area contributed by atoms with Crippen LogP contribution in [-0.2, 0) is 20.0 Å². The third-order valence-corrected chi connectivity index (χ3v) is 3.23. The van der Waals surface area contributed by atoms with Gasteiger partial charge in [0.2, 0.25) is 0 Å². The van der Waals surface area contributed by atoms with Gasteiger partial charge in [-0.25, -0.2) is 0 Å². The van der Waals surface area contributed by atoms with Crippen molar-refractivity contribution in [3.8, 4) is 0 Å². The van der Waals surface area contributed by atoms with E-state index in [0.29, 0.717) is 0 Å². The first kappa shape index (κ1) is 13.8. The van der Waals surface area contributed by atoms with Crippen molar-refractivity contribution in [1.29, 1.82) is 0 Å². The zero-order chi connectivity index (χ0) is 13.7. The highest BCUT2D eigenvalue weighted by atomic mass is 16.3. The number of hydrogen-bond acceptors (Lipinski definition) is 3. The van der Waals surface area contributed by atoms with E-state index in [1.165, 1.54) is 5.56 Å². The number of hydrogen-bond donors (Lipinski definition) is 2. The molecule has 4 heteroatoms. The average Bonchev–Trinajstić information content (AvgIpc) is 2.82. The lowest BCUT2D eigenvalue weighted by atomic mass is 10.1. The van der Waals surface area contributed by atoms with Crippen molar-refractivity contribution in [3.05, 3.63) is 53.3 Å². The van der Waals surface area contributed by atoms with E-state index < -0.39 is 0 Å². The number of nitrogens with zero attached hydrogens (tertiary/aromatic N) is 2. The number of nitrogens with one attached hydrogen (secondary N) is 1. The molecule has 0 amide bonds. The van der Waals surface area contributed by atoms with Gasteiger partial charge in [0, 0.05) is 25.4 Å². The largest absolute Gasteiger partial charge is 0.394 e. The van der Waals surface area contributed by atoms with E-state index in [2.05, 4.69) is 29.5 Å². The van der Waals surface area contributed by atoms with Crippen LogP contribution in [0.4, 0.5) is 0 Å². The molecule has 1 aromatic carbocycles. The van der Waals surface area contributed by atoms with Crippen LogP contribution in [0, 0.1) is 0 Å². The Balaban J connectivity index is 2.07. The molecule has 4 nitrogen and oxygen atoms in total. The lowest BCUT2D eigenvalue weighted by Gasteiger charge is -2.16. The molecule has 0 fully saturated rings. The zero-order valence-electron chi connectivity index (χ0n) is 11.5. The van der Waals surface area contributed by atoms with Crippen molar-refractivity contribution in [1.82, 2.24) is 15.1 Å². The molecule has 2 N–H and O–H groups in total. The molecule has 0 saturated carbocycles. The highest BCUT2D eigenvalue weighted by molar-refractivity contribution is 5.22. The van der Waals surface area contributed by atoms with Crippen molar-refractivity contribution >= 4 is 0 Å². The smallest absolute Gasteiger partial charge is 0.0670 e. The van der Waals surface area contributed by atoms with Crippen molar-refractivity contribution < 1.29 is 5.11 Å². The highest BCUT2D eigenvalue weighted by Gasteiger charge is 2.16. The molecule has 0 aliphatic carbocycles. The summed E-state index contributed by atoms with van der Waals surface area (Å²) in [6.07, 6.45) is 2.86. The molecule has 2 aromatic rings. The quantitative estimate of drug-likeness (QED) is 0.832. The van der Waals surface area contributed by atoms with Gasteiger partial charge in [-0.1, -0.05) is 37.3 Å². The molecule has 2 rings (SSSR count). The van der Waals surface area contributed by atoms with Crippen LogP contribution in [-0.4, -0.2) is 21.5 Å².